The van der Waals surface area contributed by atoms with Crippen molar-refractivity contribution in [2.75, 3.05) is 45.8 Å². The van der Waals surface area contributed by atoms with E-state index in [0.29, 0.717) is 45.8 Å². The Morgan fingerprint density at radius 3 is 2.33 bits per heavy atom. The summed E-state index contributed by atoms with van der Waals surface area (Å²) in [5.74, 6) is 0.0817. The summed E-state index contributed by atoms with van der Waals surface area (Å²) < 4.78 is 26.6. The molecule has 0 N–H and O–H groups in total. The van der Waals surface area contributed by atoms with E-state index in [1.807, 2.05) is 18.7 Å². The van der Waals surface area contributed by atoms with Crippen molar-refractivity contribution in [3.63, 3.8) is 0 Å². The van der Waals surface area contributed by atoms with Gasteiger partial charge in [0.25, 0.3) is 0 Å². The molecule has 1 aliphatic rings. The van der Waals surface area contributed by atoms with Crippen molar-refractivity contribution in [1.29, 1.82) is 0 Å². The van der Waals surface area contributed by atoms with Crippen LogP contribution in [0.4, 0.5) is 0 Å². The summed E-state index contributed by atoms with van der Waals surface area (Å²) in [5, 5.41) is 0.258. The van der Waals surface area contributed by atoms with Gasteiger partial charge in [-0.1, -0.05) is 11.6 Å². The Bertz CT molecular complexity index is 654. The molecule has 9 heteroatoms. The maximum atomic E-state index is 12.6. The zero-order valence-corrected chi connectivity index (χ0v) is 15.6. The van der Waals surface area contributed by atoms with Crippen molar-refractivity contribution in [3.8, 4) is 0 Å². The van der Waals surface area contributed by atoms with Gasteiger partial charge in [0.05, 0.1) is 6.54 Å². The highest BCUT2D eigenvalue weighted by atomic mass is 35.5. The Balaban J connectivity index is 1.94. The molecule has 7 nitrogen and oxygen atoms in total. The van der Waals surface area contributed by atoms with Crippen molar-refractivity contribution < 1.29 is 13.2 Å². The number of piperazine rings is 1. The van der Waals surface area contributed by atoms with Crippen LogP contribution in [0, 0.1) is 0 Å². The molecule has 0 unspecified atom stereocenters. The van der Waals surface area contributed by atoms with Crippen LogP contribution in [0.5, 0.6) is 0 Å². The zero-order valence-electron chi connectivity index (χ0n) is 14.0. The van der Waals surface area contributed by atoms with E-state index in [1.165, 1.54) is 22.6 Å². The van der Waals surface area contributed by atoms with Gasteiger partial charge >= 0.3 is 0 Å². The molecule has 0 saturated carbocycles. The number of halogens is 1. The first-order valence-electron chi connectivity index (χ1n) is 8.00. The highest BCUT2D eigenvalue weighted by molar-refractivity contribution is 7.89. The molecule has 0 radical (unpaired) electrons. The Morgan fingerprint density at radius 2 is 1.83 bits per heavy atom. The molecule has 0 bridgehead atoms. The Labute approximate surface area is 148 Å². The summed E-state index contributed by atoms with van der Waals surface area (Å²) in [6.45, 7) is 7.39. The lowest BCUT2D eigenvalue weighted by Gasteiger charge is -2.34. The number of likely N-dealkylation sites (N-methyl/N-ethyl adjacent to an activating group) is 1. The van der Waals surface area contributed by atoms with Crippen molar-refractivity contribution in [2.45, 2.75) is 18.7 Å². The van der Waals surface area contributed by atoms with E-state index < -0.39 is 10.0 Å². The Morgan fingerprint density at radius 1 is 1.21 bits per heavy atom. The van der Waals surface area contributed by atoms with Gasteiger partial charge in [0.1, 0.15) is 10.0 Å². The maximum Gasteiger partial charge on any atom is 0.244 e. The van der Waals surface area contributed by atoms with Crippen LogP contribution in [0.2, 0.25) is 5.15 Å². The van der Waals surface area contributed by atoms with Crippen molar-refractivity contribution in [2.24, 2.45) is 0 Å². The number of nitrogens with zero attached hydrogens (tertiary/aromatic N) is 4. The Hall–Kier alpha value is -1.22. The third-order valence-electron chi connectivity index (χ3n) is 4.14. The van der Waals surface area contributed by atoms with E-state index in [2.05, 4.69) is 4.98 Å². The minimum Gasteiger partial charge on any atom is -0.342 e. The van der Waals surface area contributed by atoms with Crippen LogP contribution in [0.15, 0.2) is 23.2 Å². The fraction of sp³-hybridized carbons (Fsp3) is 0.600. The van der Waals surface area contributed by atoms with Gasteiger partial charge < -0.3 is 4.90 Å². The summed E-state index contributed by atoms with van der Waals surface area (Å²) in [4.78, 5) is 19.9. The van der Waals surface area contributed by atoms with Gasteiger partial charge in [-0.2, -0.15) is 4.31 Å². The third-order valence-corrected chi connectivity index (χ3v) is 6.25. The molecule has 134 valence electrons. The van der Waals surface area contributed by atoms with Crippen molar-refractivity contribution in [1.82, 2.24) is 19.1 Å². The van der Waals surface area contributed by atoms with E-state index in [0.717, 1.165) is 0 Å². The highest BCUT2D eigenvalue weighted by Crippen LogP contribution is 2.18. The minimum atomic E-state index is -3.57. The standard InChI is InChI=1S/C15H23ClN4O3S/c1-3-19(4-2)15(21)12-18-7-9-20(10-8-18)24(22,23)13-5-6-14(16)17-11-13/h5-6,11H,3-4,7-10,12H2,1-2H3. The smallest absolute Gasteiger partial charge is 0.244 e. The van der Waals surface area contributed by atoms with Gasteiger partial charge in [0, 0.05) is 45.5 Å². The molecule has 1 aliphatic heterocycles. The third kappa shape index (κ3) is 4.44. The second-order valence-electron chi connectivity index (χ2n) is 5.56. The monoisotopic (exact) mass is 374 g/mol. The molecule has 0 spiro atoms. The van der Waals surface area contributed by atoms with E-state index >= 15 is 0 Å². The highest BCUT2D eigenvalue weighted by Gasteiger charge is 2.29. The number of rotatable bonds is 6. The molecule has 0 atom stereocenters. The maximum absolute atomic E-state index is 12.6. The average molecular weight is 375 g/mol. The van der Waals surface area contributed by atoms with Gasteiger partial charge in [0.15, 0.2) is 0 Å². The van der Waals surface area contributed by atoms with E-state index in [4.69, 9.17) is 11.6 Å². The summed E-state index contributed by atoms with van der Waals surface area (Å²) >= 11 is 5.70. The van der Waals surface area contributed by atoms with Gasteiger partial charge in [0.2, 0.25) is 15.9 Å². The van der Waals surface area contributed by atoms with Crippen LogP contribution < -0.4 is 0 Å². The average Bonchev–Trinajstić information content (AvgIpc) is 2.57. The number of carbonyl (C=O) groups is 1. The fourth-order valence-electron chi connectivity index (χ4n) is 2.66. The lowest BCUT2D eigenvalue weighted by Crippen LogP contribution is -2.51. The molecule has 0 aliphatic carbocycles. The predicted octanol–water partition coefficient (Wildman–Crippen LogP) is 0.910. The van der Waals surface area contributed by atoms with Crippen LogP contribution in [-0.4, -0.2) is 79.2 Å². The topological polar surface area (TPSA) is 73.8 Å². The van der Waals surface area contributed by atoms with E-state index in [9.17, 15) is 13.2 Å². The molecule has 1 aromatic rings. The number of aromatic nitrogens is 1. The molecular formula is C15H23ClN4O3S. The molecule has 1 fully saturated rings. The second kappa shape index (κ2) is 8.24. The molecule has 1 amide bonds. The van der Waals surface area contributed by atoms with E-state index in [-0.39, 0.29) is 16.0 Å². The minimum absolute atomic E-state index is 0.0817. The largest absolute Gasteiger partial charge is 0.342 e. The summed E-state index contributed by atoms with van der Waals surface area (Å²) in [6, 6.07) is 2.92. The lowest BCUT2D eigenvalue weighted by atomic mass is 10.3. The summed E-state index contributed by atoms with van der Waals surface area (Å²) in [7, 11) is -3.57. The summed E-state index contributed by atoms with van der Waals surface area (Å²) in [5.41, 5.74) is 0. The van der Waals surface area contributed by atoms with Crippen molar-refractivity contribution in [3.05, 3.63) is 23.5 Å². The van der Waals surface area contributed by atoms with Gasteiger partial charge in [-0.15, -0.1) is 0 Å². The van der Waals surface area contributed by atoms with Crippen LogP contribution >= 0.6 is 11.6 Å². The number of pyridine rings is 1. The molecule has 2 heterocycles. The number of carbonyl (C=O) groups excluding carboxylic acids is 1. The zero-order chi connectivity index (χ0) is 17.7. The number of amides is 1. The number of hydrogen-bond donors (Lipinski definition) is 0. The van der Waals surface area contributed by atoms with Crippen LogP contribution in [0.25, 0.3) is 0 Å². The number of hydrogen-bond acceptors (Lipinski definition) is 5. The SMILES string of the molecule is CCN(CC)C(=O)CN1CCN(S(=O)(=O)c2ccc(Cl)nc2)CC1. The summed E-state index contributed by atoms with van der Waals surface area (Å²) in [6.07, 6.45) is 1.27. The van der Waals surface area contributed by atoms with Crippen LogP contribution in [-0.2, 0) is 14.8 Å². The lowest BCUT2D eigenvalue weighted by molar-refractivity contribution is -0.132. The Kier molecular flexibility index (Phi) is 6.56. The molecule has 24 heavy (non-hydrogen) atoms. The number of sulfonamides is 1. The fourth-order valence-corrected chi connectivity index (χ4v) is 4.14. The molecule has 1 aromatic heterocycles. The van der Waals surface area contributed by atoms with Crippen LogP contribution in [0.1, 0.15) is 13.8 Å². The molecular weight excluding hydrogens is 352 g/mol. The quantitative estimate of drug-likeness (QED) is 0.692. The van der Waals surface area contributed by atoms with Gasteiger partial charge in [-0.05, 0) is 26.0 Å². The second-order valence-corrected chi connectivity index (χ2v) is 7.89. The molecule has 0 aromatic carbocycles. The normalized spacial score (nSPS) is 17.0. The van der Waals surface area contributed by atoms with E-state index in [1.54, 1.807) is 4.90 Å². The van der Waals surface area contributed by atoms with Crippen molar-refractivity contribution >= 4 is 27.5 Å². The van der Waals surface area contributed by atoms with Gasteiger partial charge in [-0.3, -0.25) is 9.69 Å². The van der Waals surface area contributed by atoms with Gasteiger partial charge in [-0.25, -0.2) is 13.4 Å². The first-order valence-corrected chi connectivity index (χ1v) is 9.82. The molecule has 1 saturated heterocycles. The predicted molar refractivity (Wildman–Crippen MR) is 92.4 cm³/mol. The first kappa shape index (κ1) is 19.1. The first-order chi connectivity index (χ1) is 11.4. The van der Waals surface area contributed by atoms with Crippen LogP contribution in [0.3, 0.4) is 0 Å². The molecule has 2 rings (SSSR count).